The first-order valence-corrected chi connectivity index (χ1v) is 8.92. The zero-order valence-electron chi connectivity index (χ0n) is 12.7. The van der Waals surface area contributed by atoms with E-state index < -0.39 is 10.0 Å². The molecule has 7 heteroatoms. The molecule has 1 aromatic heterocycles. The lowest BCUT2D eigenvalue weighted by Gasteiger charge is -2.31. The molecular formula is C14H24N4O2S. The molecule has 1 aromatic rings. The molecule has 2 N–H and O–H groups in total. The van der Waals surface area contributed by atoms with Crippen molar-refractivity contribution in [3.05, 3.63) is 18.3 Å². The predicted molar refractivity (Wildman–Crippen MR) is 83.9 cm³/mol. The molecule has 0 aliphatic carbocycles. The van der Waals surface area contributed by atoms with Crippen molar-refractivity contribution in [1.82, 2.24) is 14.6 Å². The largest absolute Gasteiger partial charge is 0.373 e. The number of hydrogen-bond donors (Lipinski definition) is 2. The van der Waals surface area contributed by atoms with Crippen molar-refractivity contribution in [1.29, 1.82) is 0 Å². The molecular weight excluding hydrogens is 288 g/mol. The maximum Gasteiger partial charge on any atom is 0.241 e. The molecule has 0 amide bonds. The van der Waals surface area contributed by atoms with Gasteiger partial charge in [-0.05, 0) is 45.0 Å². The first-order chi connectivity index (χ1) is 10.0. The van der Waals surface area contributed by atoms with Crippen LogP contribution in [0.25, 0.3) is 0 Å². The van der Waals surface area contributed by atoms with E-state index in [4.69, 9.17) is 0 Å². The first-order valence-electron chi connectivity index (χ1n) is 7.43. The van der Waals surface area contributed by atoms with Crippen molar-refractivity contribution >= 4 is 15.8 Å². The summed E-state index contributed by atoms with van der Waals surface area (Å²) in [4.78, 5) is 6.69. The third kappa shape index (κ3) is 4.39. The van der Waals surface area contributed by atoms with Crippen LogP contribution < -0.4 is 10.0 Å². The van der Waals surface area contributed by atoms with E-state index in [0.717, 1.165) is 38.9 Å². The number of anilines is 1. The molecule has 1 aliphatic heterocycles. The van der Waals surface area contributed by atoms with E-state index in [1.807, 2.05) is 0 Å². The molecule has 2 heterocycles. The number of likely N-dealkylation sites (tertiary alicyclic amines) is 1. The average molecular weight is 312 g/mol. The van der Waals surface area contributed by atoms with Crippen molar-refractivity contribution in [3.8, 4) is 0 Å². The zero-order valence-corrected chi connectivity index (χ0v) is 13.5. The minimum atomic E-state index is -3.47. The molecule has 0 radical (unpaired) electrons. The standard InChI is InChI=1S/C14H24N4O2S/c1-3-8-18-9-5-12(6-10-18)17-21(19,20)13-4-7-16-14(11-13)15-2/h4,7,11-12,17H,3,5-6,8-10H2,1-2H3,(H,15,16). The van der Waals surface area contributed by atoms with Crippen molar-refractivity contribution in [2.24, 2.45) is 0 Å². The van der Waals surface area contributed by atoms with Crippen molar-refractivity contribution in [2.45, 2.75) is 37.1 Å². The number of nitrogens with zero attached hydrogens (tertiary/aromatic N) is 2. The number of piperidine rings is 1. The van der Waals surface area contributed by atoms with Gasteiger partial charge in [-0.1, -0.05) is 6.92 Å². The number of rotatable bonds is 6. The maximum absolute atomic E-state index is 12.4. The molecule has 1 aliphatic rings. The van der Waals surface area contributed by atoms with Crippen LogP contribution in [0.1, 0.15) is 26.2 Å². The summed E-state index contributed by atoms with van der Waals surface area (Å²) in [5.74, 6) is 0.552. The van der Waals surface area contributed by atoms with Gasteiger partial charge in [0.1, 0.15) is 5.82 Å². The molecule has 6 nitrogen and oxygen atoms in total. The van der Waals surface area contributed by atoms with Crippen LogP contribution in [0.15, 0.2) is 23.2 Å². The lowest BCUT2D eigenvalue weighted by atomic mass is 10.1. The van der Waals surface area contributed by atoms with Crippen LogP contribution in [0.3, 0.4) is 0 Å². The second kappa shape index (κ2) is 7.20. The van der Waals surface area contributed by atoms with Crippen LogP contribution in [-0.2, 0) is 10.0 Å². The summed E-state index contributed by atoms with van der Waals surface area (Å²) in [6, 6.07) is 3.10. The fourth-order valence-corrected chi connectivity index (χ4v) is 3.91. The van der Waals surface area contributed by atoms with Gasteiger partial charge in [0.2, 0.25) is 10.0 Å². The van der Waals surface area contributed by atoms with Crippen LogP contribution >= 0.6 is 0 Å². The predicted octanol–water partition coefficient (Wildman–Crippen LogP) is 1.28. The minimum absolute atomic E-state index is 0.0225. The topological polar surface area (TPSA) is 74.3 Å². The van der Waals surface area contributed by atoms with Gasteiger partial charge in [0, 0.05) is 25.4 Å². The highest BCUT2D eigenvalue weighted by atomic mass is 32.2. The second-order valence-electron chi connectivity index (χ2n) is 5.36. The molecule has 0 spiro atoms. The van der Waals surface area contributed by atoms with E-state index in [0.29, 0.717) is 5.82 Å². The number of nitrogens with one attached hydrogen (secondary N) is 2. The molecule has 0 aromatic carbocycles. The van der Waals surface area contributed by atoms with Gasteiger partial charge in [-0.25, -0.2) is 18.1 Å². The summed E-state index contributed by atoms with van der Waals surface area (Å²) >= 11 is 0. The Hall–Kier alpha value is -1.18. The number of pyridine rings is 1. The lowest BCUT2D eigenvalue weighted by Crippen LogP contribution is -2.44. The van der Waals surface area contributed by atoms with Gasteiger partial charge in [0.25, 0.3) is 0 Å². The average Bonchev–Trinajstić information content (AvgIpc) is 2.49. The van der Waals surface area contributed by atoms with Gasteiger partial charge in [-0.15, -0.1) is 0 Å². The SMILES string of the molecule is CCCN1CCC(NS(=O)(=O)c2ccnc(NC)c2)CC1. The summed E-state index contributed by atoms with van der Waals surface area (Å²) in [6.07, 6.45) is 4.37. The highest BCUT2D eigenvalue weighted by molar-refractivity contribution is 7.89. The quantitative estimate of drug-likeness (QED) is 0.827. The Morgan fingerprint density at radius 2 is 2.10 bits per heavy atom. The van der Waals surface area contributed by atoms with Crippen LogP contribution in [-0.4, -0.2) is 51.0 Å². The molecule has 1 saturated heterocycles. The molecule has 21 heavy (non-hydrogen) atoms. The molecule has 1 fully saturated rings. The molecule has 118 valence electrons. The Bertz CT molecular complexity index is 554. The monoisotopic (exact) mass is 312 g/mol. The summed E-state index contributed by atoms with van der Waals surface area (Å²) in [7, 11) is -1.75. The van der Waals surface area contributed by atoms with Crippen LogP contribution in [0, 0.1) is 0 Å². The highest BCUT2D eigenvalue weighted by Crippen LogP contribution is 2.16. The fourth-order valence-electron chi connectivity index (χ4n) is 2.59. The van der Waals surface area contributed by atoms with E-state index in [1.54, 1.807) is 13.1 Å². The van der Waals surface area contributed by atoms with Gasteiger partial charge in [0.15, 0.2) is 0 Å². The molecule has 0 unspecified atom stereocenters. The highest BCUT2D eigenvalue weighted by Gasteiger charge is 2.24. The second-order valence-corrected chi connectivity index (χ2v) is 7.08. The summed E-state index contributed by atoms with van der Waals surface area (Å²) in [5, 5.41) is 2.85. The summed E-state index contributed by atoms with van der Waals surface area (Å²) in [5.41, 5.74) is 0. The van der Waals surface area contributed by atoms with Crippen molar-refractivity contribution in [3.63, 3.8) is 0 Å². The van der Waals surface area contributed by atoms with E-state index in [9.17, 15) is 8.42 Å². The zero-order chi connectivity index (χ0) is 15.3. The Morgan fingerprint density at radius 1 is 1.38 bits per heavy atom. The smallest absolute Gasteiger partial charge is 0.241 e. The Kier molecular flexibility index (Phi) is 5.55. The lowest BCUT2D eigenvalue weighted by molar-refractivity contribution is 0.208. The van der Waals surface area contributed by atoms with Crippen molar-refractivity contribution in [2.75, 3.05) is 32.0 Å². The first kappa shape index (κ1) is 16.2. The van der Waals surface area contributed by atoms with Gasteiger partial charge >= 0.3 is 0 Å². The normalized spacial score (nSPS) is 17.8. The van der Waals surface area contributed by atoms with Crippen LogP contribution in [0.2, 0.25) is 0 Å². The van der Waals surface area contributed by atoms with Gasteiger partial charge in [-0.2, -0.15) is 0 Å². The number of sulfonamides is 1. The fraction of sp³-hybridized carbons (Fsp3) is 0.643. The molecule has 0 bridgehead atoms. The van der Waals surface area contributed by atoms with Gasteiger partial charge in [-0.3, -0.25) is 0 Å². The van der Waals surface area contributed by atoms with Gasteiger partial charge in [0.05, 0.1) is 4.90 Å². The van der Waals surface area contributed by atoms with E-state index >= 15 is 0 Å². The Morgan fingerprint density at radius 3 is 2.71 bits per heavy atom. The number of hydrogen-bond acceptors (Lipinski definition) is 5. The van der Waals surface area contributed by atoms with E-state index in [2.05, 4.69) is 26.8 Å². The van der Waals surface area contributed by atoms with Crippen LogP contribution in [0.5, 0.6) is 0 Å². The van der Waals surface area contributed by atoms with Crippen LogP contribution in [0.4, 0.5) is 5.82 Å². The number of aromatic nitrogens is 1. The van der Waals surface area contributed by atoms with E-state index in [-0.39, 0.29) is 10.9 Å². The Labute approximate surface area is 127 Å². The molecule has 0 saturated carbocycles. The summed E-state index contributed by atoms with van der Waals surface area (Å²) in [6.45, 7) is 5.17. The maximum atomic E-state index is 12.4. The molecule has 2 rings (SSSR count). The molecule has 0 atom stereocenters. The van der Waals surface area contributed by atoms with Gasteiger partial charge < -0.3 is 10.2 Å². The van der Waals surface area contributed by atoms with E-state index in [1.165, 1.54) is 12.3 Å². The third-order valence-electron chi connectivity index (χ3n) is 3.75. The minimum Gasteiger partial charge on any atom is -0.373 e. The third-order valence-corrected chi connectivity index (χ3v) is 5.27. The summed E-state index contributed by atoms with van der Waals surface area (Å²) < 4.78 is 27.6. The van der Waals surface area contributed by atoms with Crippen molar-refractivity contribution < 1.29 is 8.42 Å². The Balaban J connectivity index is 1.98.